The van der Waals surface area contributed by atoms with Gasteiger partial charge in [0.15, 0.2) is 0 Å². The number of benzene rings is 1. The lowest BCUT2D eigenvalue weighted by molar-refractivity contribution is -0.156. The van der Waals surface area contributed by atoms with E-state index in [0.717, 1.165) is 39.0 Å². The highest BCUT2D eigenvalue weighted by Gasteiger charge is 2.58. The van der Waals surface area contributed by atoms with E-state index in [2.05, 4.69) is 60.9 Å². The van der Waals surface area contributed by atoms with Gasteiger partial charge in [0, 0.05) is 78.9 Å². The Labute approximate surface area is 379 Å². The van der Waals surface area contributed by atoms with E-state index >= 15 is 0 Å². The number of fused-ring (bicyclic) bond motifs is 6. The van der Waals surface area contributed by atoms with Crippen molar-refractivity contribution >= 4 is 57.7 Å². The molecule has 0 unspecified atom stereocenters. The number of rotatable bonds is 11. The van der Waals surface area contributed by atoms with Crippen LogP contribution in [0.1, 0.15) is 90.1 Å². The quantitative estimate of drug-likeness (QED) is 0.127. The van der Waals surface area contributed by atoms with Crippen LogP contribution in [-0.2, 0) is 46.4 Å². The first-order chi connectivity index (χ1) is 30.7. The lowest BCUT2D eigenvalue weighted by Gasteiger charge is -2.37. The summed E-state index contributed by atoms with van der Waals surface area (Å²) in [5.74, 6) is -3.26. The zero-order valence-corrected chi connectivity index (χ0v) is 39.1. The molecule has 1 saturated carbocycles. The first-order valence-electron chi connectivity index (χ1n) is 22.5. The number of hydrazine groups is 1. The first kappa shape index (κ1) is 46.8. The fourth-order valence-electron chi connectivity index (χ4n) is 9.62. The van der Waals surface area contributed by atoms with Gasteiger partial charge in [-0.3, -0.25) is 29.2 Å². The second-order valence-corrected chi connectivity index (χ2v) is 19.0. The highest BCUT2D eigenvalue weighted by atomic mass is 32.1. The molecule has 3 aromatic rings. The Bertz CT molecular complexity index is 2390. The molecule has 3 fully saturated rings. The largest absolute Gasteiger partial charge is 0.464 e. The second kappa shape index (κ2) is 19.5. The molecule has 3 amide bonds. The molecule has 1 aliphatic carbocycles. The molecule has 5 heterocycles. The molecule has 2 aromatic heterocycles. The highest BCUT2D eigenvalue weighted by Crippen LogP contribution is 2.48. The van der Waals surface area contributed by atoms with Gasteiger partial charge in [-0.15, -0.1) is 11.3 Å². The van der Waals surface area contributed by atoms with Crippen LogP contribution in [0.2, 0.25) is 0 Å². The summed E-state index contributed by atoms with van der Waals surface area (Å²) in [5.41, 5.74) is 8.71. The Morgan fingerprint density at radius 3 is 2.67 bits per heavy atom. The standard InChI is InChI=1S/C48H62N8O7S/c1-10-31(39(50-11-2)28(6)61-9)41-33-22-48(7,8)26-63-47(60)34-15-14-19-56(53-34)46(59)40(52-43(57)37-27(5)38(37)45(58)54-20-18-29(23-49)24-54)42(62-13-4)44-51-35(25-64-44)30-16-17-36(32(33)21-30)55(41)12-3/h10-11,16-17,21,25,27-29,34,37-38,40,42,53H,1,12-15,18-20,22,24,26H2,2-9H3,(H,52,57)/b39-31+,50-11?/t27-,28+,29-,34+,37-,38-,40+,42+/m1/s1. The third kappa shape index (κ3) is 9.18. The average molecular weight is 895 g/mol. The van der Waals surface area contributed by atoms with Crippen LogP contribution >= 0.6 is 11.3 Å². The van der Waals surface area contributed by atoms with Crippen molar-refractivity contribution in [1.82, 2.24) is 30.2 Å². The minimum absolute atomic E-state index is 0.103. The molecule has 16 heteroatoms. The third-order valence-corrected chi connectivity index (χ3v) is 14.1. The van der Waals surface area contributed by atoms with Crippen molar-refractivity contribution in [2.45, 2.75) is 105 Å². The van der Waals surface area contributed by atoms with Crippen LogP contribution < -0.4 is 10.7 Å². The number of nitriles is 1. The Balaban J connectivity index is 1.33. The Morgan fingerprint density at radius 1 is 1.22 bits per heavy atom. The molecule has 1 aromatic carbocycles. The summed E-state index contributed by atoms with van der Waals surface area (Å²) in [7, 11) is 1.66. The van der Waals surface area contributed by atoms with Gasteiger partial charge in [-0.25, -0.2) is 10.4 Å². The third-order valence-electron chi connectivity index (χ3n) is 13.1. The summed E-state index contributed by atoms with van der Waals surface area (Å²) in [4.78, 5) is 68.2. The molecule has 3 aliphatic heterocycles. The zero-order chi connectivity index (χ0) is 46.0. The number of nitrogens with one attached hydrogen (secondary N) is 2. The number of aliphatic imine (C=N–C) groups is 1. The zero-order valence-electron chi connectivity index (χ0n) is 38.3. The lowest BCUT2D eigenvalue weighted by Crippen LogP contribution is -2.61. The monoisotopic (exact) mass is 894 g/mol. The van der Waals surface area contributed by atoms with Crippen LogP contribution in [0, 0.1) is 40.4 Å². The number of hydrogen-bond acceptors (Lipinski definition) is 12. The van der Waals surface area contributed by atoms with Gasteiger partial charge in [-0.1, -0.05) is 39.5 Å². The summed E-state index contributed by atoms with van der Waals surface area (Å²) < 4.78 is 20.6. The van der Waals surface area contributed by atoms with E-state index in [9.17, 15) is 24.4 Å². The number of carbonyl (C=O) groups is 4. The van der Waals surface area contributed by atoms with Crippen molar-refractivity contribution in [2.75, 3.05) is 40.0 Å². The van der Waals surface area contributed by atoms with Crippen LogP contribution in [0.5, 0.6) is 0 Å². The molecular formula is C48H62N8O7S. The van der Waals surface area contributed by atoms with E-state index in [1.807, 2.05) is 45.2 Å². The molecule has 64 heavy (non-hydrogen) atoms. The molecule has 0 radical (unpaired) electrons. The van der Waals surface area contributed by atoms with E-state index in [1.165, 1.54) is 16.3 Å². The summed E-state index contributed by atoms with van der Waals surface area (Å²) in [6.45, 7) is 20.1. The molecule has 7 rings (SSSR count). The van der Waals surface area contributed by atoms with Crippen molar-refractivity contribution < 1.29 is 33.4 Å². The molecule has 0 spiro atoms. The van der Waals surface area contributed by atoms with Crippen molar-refractivity contribution in [1.29, 1.82) is 5.26 Å². The maximum Gasteiger partial charge on any atom is 0.324 e. The Kier molecular flexibility index (Phi) is 14.2. The van der Waals surface area contributed by atoms with Crippen molar-refractivity contribution in [3.63, 3.8) is 0 Å². The number of carbonyl (C=O) groups excluding carboxylic acids is 4. The summed E-state index contributed by atoms with van der Waals surface area (Å²) in [6.07, 6.45) is 4.37. The summed E-state index contributed by atoms with van der Waals surface area (Å²) >= 11 is 1.34. The molecule has 15 nitrogen and oxygen atoms in total. The molecule has 4 aliphatic rings. The SMILES string of the molecule is C=C/C(=C(\N=CC)[C@H](C)OC)c1c2c3cc(ccc3n1CC)-c1csc(n1)[C@@H](OCC)[C@H](NC(=O)[C@@H]1[C@@H](C)[C@H]1C(=O)N1CC[C@H](C#N)C1)C(=O)N1CCC[C@H](N1)C(=O)OCC(C)(C)C2. The summed E-state index contributed by atoms with van der Waals surface area (Å²) in [5, 5.41) is 17.3. The summed E-state index contributed by atoms with van der Waals surface area (Å²) in [6, 6.07) is 6.45. The number of aryl methyl sites for hydroxylation is 1. The van der Waals surface area contributed by atoms with E-state index in [1.54, 1.807) is 18.2 Å². The number of ether oxygens (including phenoxy) is 3. The molecular weight excluding hydrogens is 833 g/mol. The molecule has 2 N–H and O–H groups in total. The van der Waals surface area contributed by atoms with Gasteiger partial charge in [-0.05, 0) is 77.0 Å². The van der Waals surface area contributed by atoms with E-state index in [0.29, 0.717) is 56.0 Å². The van der Waals surface area contributed by atoms with Crippen LogP contribution in [0.3, 0.4) is 0 Å². The normalized spacial score (nSPS) is 26.8. The average Bonchev–Trinajstić information content (AvgIpc) is 3.68. The van der Waals surface area contributed by atoms with Crippen LogP contribution in [0.15, 0.2) is 46.9 Å². The Hall–Kier alpha value is -5.21. The van der Waals surface area contributed by atoms with Crippen LogP contribution in [0.4, 0.5) is 0 Å². The number of methoxy groups -OCH3 is 1. The van der Waals surface area contributed by atoms with Gasteiger partial charge in [0.25, 0.3) is 5.91 Å². The lowest BCUT2D eigenvalue weighted by atomic mass is 9.84. The second-order valence-electron chi connectivity index (χ2n) is 18.1. The minimum Gasteiger partial charge on any atom is -0.464 e. The first-order valence-corrected chi connectivity index (χ1v) is 23.4. The van der Waals surface area contributed by atoms with Crippen LogP contribution in [-0.4, -0.2) is 108 Å². The number of likely N-dealkylation sites (tertiary alicyclic amines) is 1. The maximum atomic E-state index is 14.8. The van der Waals surface area contributed by atoms with Gasteiger partial charge in [0.1, 0.15) is 23.2 Å². The molecule has 342 valence electrons. The number of esters is 1. The molecule has 2 saturated heterocycles. The van der Waals surface area contributed by atoms with Gasteiger partial charge in [0.2, 0.25) is 11.8 Å². The fourth-order valence-corrected chi connectivity index (χ4v) is 10.5. The predicted molar refractivity (Wildman–Crippen MR) is 246 cm³/mol. The highest BCUT2D eigenvalue weighted by molar-refractivity contribution is 7.10. The molecule has 6 bridgehead atoms. The number of cyclic esters (lactones) is 1. The molecule has 8 atom stereocenters. The van der Waals surface area contributed by atoms with E-state index in [-0.39, 0.29) is 43.6 Å². The van der Waals surface area contributed by atoms with Crippen molar-refractivity contribution in [3.8, 4) is 17.3 Å². The topological polar surface area (TPSA) is 180 Å². The predicted octanol–water partition coefficient (Wildman–Crippen LogP) is 6.25. The van der Waals surface area contributed by atoms with Gasteiger partial charge < -0.3 is 29.0 Å². The number of amides is 3. The van der Waals surface area contributed by atoms with E-state index in [4.69, 9.17) is 24.2 Å². The van der Waals surface area contributed by atoms with Gasteiger partial charge >= 0.3 is 5.97 Å². The number of allylic oxidation sites excluding steroid dienone is 2. The maximum absolute atomic E-state index is 14.8. The van der Waals surface area contributed by atoms with E-state index < -0.39 is 53.2 Å². The van der Waals surface area contributed by atoms with Gasteiger partial charge in [0.05, 0.1) is 53.6 Å². The van der Waals surface area contributed by atoms with Crippen LogP contribution in [0.25, 0.3) is 27.7 Å². The number of aromatic nitrogens is 2. The Morgan fingerprint density at radius 2 is 2.00 bits per heavy atom. The van der Waals surface area contributed by atoms with Gasteiger partial charge in [-0.2, -0.15) is 5.26 Å². The van der Waals surface area contributed by atoms with Crippen molar-refractivity contribution in [3.05, 3.63) is 58.2 Å². The number of hydrogen-bond donors (Lipinski definition) is 2. The number of nitrogens with zero attached hydrogens (tertiary/aromatic N) is 6. The smallest absolute Gasteiger partial charge is 0.324 e. The number of thiazole rings is 1. The van der Waals surface area contributed by atoms with Crippen molar-refractivity contribution in [2.24, 2.45) is 34.1 Å². The minimum atomic E-state index is -1.25. The fraction of sp³-hybridized carbons (Fsp3) is 0.562.